The number of hydrogen-bond acceptors (Lipinski definition) is 5. The summed E-state index contributed by atoms with van der Waals surface area (Å²) < 4.78 is 0. The highest BCUT2D eigenvalue weighted by Gasteiger charge is 2.26. The van der Waals surface area contributed by atoms with Crippen LogP contribution in [0.5, 0.6) is 0 Å². The Morgan fingerprint density at radius 2 is 2.21 bits per heavy atom. The van der Waals surface area contributed by atoms with Gasteiger partial charge in [-0.15, -0.1) is 11.3 Å². The number of Topliss-reactive ketones (excluding diaryl/α,β-unsaturated/α-hetero) is 1. The quantitative estimate of drug-likeness (QED) is 0.657. The zero-order chi connectivity index (χ0) is 14.3. The summed E-state index contributed by atoms with van der Waals surface area (Å²) >= 11 is 1.18. The minimum atomic E-state index is -1.32. The monoisotopic (exact) mass is 285 g/mol. The lowest BCUT2D eigenvalue weighted by Gasteiger charge is -2.14. The average Bonchev–Trinajstić information content (AvgIpc) is 2.85. The van der Waals surface area contributed by atoms with Crippen LogP contribution in [0.2, 0.25) is 0 Å². The van der Waals surface area contributed by atoms with Gasteiger partial charge >= 0.3 is 6.09 Å². The molecule has 8 heteroatoms. The molecule has 0 saturated heterocycles. The van der Waals surface area contributed by atoms with E-state index in [0.717, 1.165) is 6.42 Å². The number of amides is 2. The van der Waals surface area contributed by atoms with Crippen LogP contribution in [0.15, 0.2) is 11.6 Å². The Bertz CT molecular complexity index is 447. The van der Waals surface area contributed by atoms with Crippen LogP contribution in [0.4, 0.5) is 9.93 Å². The maximum atomic E-state index is 11.8. The number of nitrogens with one attached hydrogen (secondary N) is 2. The van der Waals surface area contributed by atoms with Gasteiger partial charge in [0.1, 0.15) is 6.04 Å². The van der Waals surface area contributed by atoms with E-state index in [1.165, 1.54) is 17.5 Å². The molecule has 0 fully saturated rings. The zero-order valence-electron chi connectivity index (χ0n) is 10.4. The van der Waals surface area contributed by atoms with Crippen LogP contribution in [0, 0.1) is 0 Å². The largest absolute Gasteiger partial charge is 0.465 e. The third-order valence-electron chi connectivity index (χ3n) is 2.34. The first-order chi connectivity index (χ1) is 9.04. The molecule has 0 aliphatic rings. The topological polar surface area (TPSA) is 108 Å². The molecule has 0 saturated carbocycles. The number of hydrogen-bond donors (Lipinski definition) is 3. The van der Waals surface area contributed by atoms with Gasteiger partial charge in [0, 0.05) is 11.6 Å². The fourth-order valence-corrected chi connectivity index (χ4v) is 1.95. The maximum Gasteiger partial charge on any atom is 0.405 e. The van der Waals surface area contributed by atoms with Gasteiger partial charge in [0.15, 0.2) is 5.13 Å². The van der Waals surface area contributed by atoms with Crippen molar-refractivity contribution in [2.75, 3.05) is 5.32 Å². The van der Waals surface area contributed by atoms with Crippen molar-refractivity contribution < 1.29 is 19.5 Å². The van der Waals surface area contributed by atoms with E-state index in [-0.39, 0.29) is 0 Å². The summed E-state index contributed by atoms with van der Waals surface area (Å²) in [6.45, 7) is 1.91. The summed E-state index contributed by atoms with van der Waals surface area (Å²) in [5.41, 5.74) is 0. The van der Waals surface area contributed by atoms with Crippen molar-refractivity contribution in [3.63, 3.8) is 0 Å². The van der Waals surface area contributed by atoms with Crippen LogP contribution >= 0.6 is 11.3 Å². The van der Waals surface area contributed by atoms with Gasteiger partial charge in [-0.1, -0.05) is 19.8 Å². The number of ketones is 1. The van der Waals surface area contributed by atoms with E-state index in [4.69, 9.17) is 5.11 Å². The molecule has 1 atom stereocenters. The number of rotatable bonds is 7. The van der Waals surface area contributed by atoms with Crippen molar-refractivity contribution in [3.8, 4) is 0 Å². The molecule has 7 nitrogen and oxygen atoms in total. The van der Waals surface area contributed by atoms with Crippen LogP contribution in [0.1, 0.15) is 26.2 Å². The summed E-state index contributed by atoms with van der Waals surface area (Å²) in [6, 6.07) is -1.02. The molecule has 1 rings (SSSR count). The molecular weight excluding hydrogens is 270 g/mol. The SMILES string of the molecule is CCCCC(NC(=O)O)C(=O)C(=O)Nc1nccs1. The molecule has 0 aromatic carbocycles. The Morgan fingerprint density at radius 1 is 1.47 bits per heavy atom. The van der Waals surface area contributed by atoms with Crippen molar-refractivity contribution in [2.45, 2.75) is 32.2 Å². The first kappa shape index (κ1) is 15.1. The number of carbonyl (C=O) groups excluding carboxylic acids is 2. The number of carbonyl (C=O) groups is 3. The van der Waals surface area contributed by atoms with Crippen molar-refractivity contribution in [1.29, 1.82) is 0 Å². The van der Waals surface area contributed by atoms with E-state index in [1.807, 2.05) is 6.92 Å². The normalized spacial score (nSPS) is 11.6. The van der Waals surface area contributed by atoms with Crippen molar-refractivity contribution in [1.82, 2.24) is 10.3 Å². The van der Waals surface area contributed by atoms with E-state index >= 15 is 0 Å². The van der Waals surface area contributed by atoms with Crippen LogP contribution in [0.3, 0.4) is 0 Å². The lowest BCUT2D eigenvalue weighted by atomic mass is 10.1. The van der Waals surface area contributed by atoms with Gasteiger partial charge in [-0.05, 0) is 6.42 Å². The van der Waals surface area contributed by atoms with Crippen molar-refractivity contribution in [3.05, 3.63) is 11.6 Å². The predicted octanol–water partition coefficient (Wildman–Crippen LogP) is 1.48. The molecule has 2 amide bonds. The Morgan fingerprint density at radius 3 is 2.74 bits per heavy atom. The fourth-order valence-electron chi connectivity index (χ4n) is 1.43. The molecular formula is C11H15N3O4S. The minimum Gasteiger partial charge on any atom is -0.465 e. The highest BCUT2D eigenvalue weighted by atomic mass is 32.1. The predicted molar refractivity (Wildman–Crippen MR) is 70.2 cm³/mol. The van der Waals surface area contributed by atoms with E-state index in [2.05, 4.69) is 15.6 Å². The smallest absolute Gasteiger partial charge is 0.405 e. The molecule has 104 valence electrons. The van der Waals surface area contributed by atoms with Gasteiger partial charge in [0.2, 0.25) is 5.78 Å². The molecule has 0 radical (unpaired) electrons. The van der Waals surface area contributed by atoms with Crippen LogP contribution in [-0.4, -0.2) is 33.9 Å². The highest BCUT2D eigenvalue weighted by Crippen LogP contribution is 2.11. The second kappa shape index (κ2) is 7.47. The van der Waals surface area contributed by atoms with Gasteiger partial charge in [-0.25, -0.2) is 9.78 Å². The Kier molecular flexibility index (Phi) is 5.94. The summed E-state index contributed by atoms with van der Waals surface area (Å²) in [5.74, 6) is -1.66. The molecule has 1 aromatic rings. The summed E-state index contributed by atoms with van der Waals surface area (Å²) in [5, 5.41) is 15.0. The van der Waals surface area contributed by atoms with Crippen molar-refractivity contribution in [2.24, 2.45) is 0 Å². The average molecular weight is 285 g/mol. The Hall–Kier alpha value is -1.96. The lowest BCUT2D eigenvalue weighted by molar-refractivity contribution is -0.136. The number of thiazole rings is 1. The fraction of sp³-hybridized carbons (Fsp3) is 0.455. The van der Waals surface area contributed by atoms with E-state index in [9.17, 15) is 14.4 Å². The summed E-state index contributed by atoms with van der Waals surface area (Å²) in [4.78, 5) is 37.9. The minimum absolute atomic E-state index is 0.299. The third-order valence-corrected chi connectivity index (χ3v) is 3.03. The van der Waals surface area contributed by atoms with Gasteiger partial charge in [-0.2, -0.15) is 0 Å². The van der Waals surface area contributed by atoms with Gasteiger partial charge in [0.05, 0.1) is 0 Å². The highest BCUT2D eigenvalue weighted by molar-refractivity contribution is 7.13. The maximum absolute atomic E-state index is 11.8. The number of carboxylic acid groups (broad SMARTS) is 1. The zero-order valence-corrected chi connectivity index (χ0v) is 11.2. The molecule has 19 heavy (non-hydrogen) atoms. The Balaban J connectivity index is 2.63. The molecule has 0 bridgehead atoms. The van der Waals surface area contributed by atoms with Crippen molar-refractivity contribution >= 4 is 34.3 Å². The molecule has 0 aliphatic carbocycles. The van der Waals surface area contributed by atoms with E-state index in [1.54, 1.807) is 5.38 Å². The summed E-state index contributed by atoms with van der Waals surface area (Å²) in [7, 11) is 0. The number of anilines is 1. The number of unbranched alkanes of at least 4 members (excludes halogenated alkanes) is 1. The number of aromatic nitrogens is 1. The molecule has 1 heterocycles. The third kappa shape index (κ3) is 5.04. The first-order valence-corrected chi connectivity index (χ1v) is 6.66. The summed E-state index contributed by atoms with van der Waals surface area (Å²) in [6.07, 6.45) is 1.93. The van der Waals surface area contributed by atoms with Crippen LogP contribution in [-0.2, 0) is 9.59 Å². The molecule has 1 aromatic heterocycles. The van der Waals surface area contributed by atoms with E-state index in [0.29, 0.717) is 18.0 Å². The van der Waals surface area contributed by atoms with Crippen LogP contribution < -0.4 is 10.6 Å². The number of nitrogens with zero attached hydrogens (tertiary/aromatic N) is 1. The standard InChI is InChI=1S/C11H15N3O4S/c1-2-3-4-7(13-11(17)18)8(15)9(16)14-10-12-5-6-19-10/h5-7,13H,2-4H2,1H3,(H,17,18)(H,12,14,16). The molecule has 0 aliphatic heterocycles. The molecule has 0 spiro atoms. The second-order valence-corrected chi connectivity index (χ2v) is 4.69. The lowest BCUT2D eigenvalue weighted by Crippen LogP contribution is -2.45. The van der Waals surface area contributed by atoms with Crippen LogP contribution in [0.25, 0.3) is 0 Å². The van der Waals surface area contributed by atoms with Gasteiger partial charge < -0.3 is 10.4 Å². The van der Waals surface area contributed by atoms with Gasteiger partial charge in [0.25, 0.3) is 5.91 Å². The van der Waals surface area contributed by atoms with Gasteiger partial charge in [-0.3, -0.25) is 14.9 Å². The second-order valence-electron chi connectivity index (χ2n) is 3.80. The Labute approximate surface area is 114 Å². The molecule has 1 unspecified atom stereocenters. The molecule has 3 N–H and O–H groups in total. The first-order valence-electron chi connectivity index (χ1n) is 5.78. The van der Waals surface area contributed by atoms with E-state index < -0.39 is 23.8 Å².